The van der Waals surface area contributed by atoms with Gasteiger partial charge in [0.2, 0.25) is 0 Å². The molecule has 0 aliphatic heterocycles. The van der Waals surface area contributed by atoms with Crippen LogP contribution in [0.2, 0.25) is 0 Å². The first-order chi connectivity index (χ1) is 10.2. The average Bonchev–Trinajstić information content (AvgIpc) is 3.08. The molecule has 0 saturated carbocycles. The summed E-state index contributed by atoms with van der Waals surface area (Å²) in [5.41, 5.74) is 3.53. The SMILES string of the molecule is Cc1cc(CNCc2ccn(-c3ccccc3)n2)sc1C. The fourth-order valence-corrected chi connectivity index (χ4v) is 3.25. The van der Waals surface area contributed by atoms with Crippen molar-refractivity contribution in [2.24, 2.45) is 0 Å². The van der Waals surface area contributed by atoms with Gasteiger partial charge in [0.05, 0.1) is 11.4 Å². The van der Waals surface area contributed by atoms with E-state index in [-0.39, 0.29) is 0 Å². The lowest BCUT2D eigenvalue weighted by atomic mass is 10.3. The van der Waals surface area contributed by atoms with E-state index < -0.39 is 0 Å². The second-order valence-electron chi connectivity index (χ2n) is 5.14. The standard InChI is InChI=1S/C17H19N3S/c1-13-10-17(21-14(13)2)12-18-11-15-8-9-20(19-15)16-6-4-3-5-7-16/h3-10,18H,11-12H2,1-2H3. The van der Waals surface area contributed by atoms with E-state index in [1.165, 1.54) is 15.3 Å². The van der Waals surface area contributed by atoms with E-state index in [0.29, 0.717) is 0 Å². The molecule has 0 unspecified atom stereocenters. The van der Waals surface area contributed by atoms with Crippen molar-refractivity contribution in [2.45, 2.75) is 26.9 Å². The van der Waals surface area contributed by atoms with Crippen LogP contribution in [0.3, 0.4) is 0 Å². The smallest absolute Gasteiger partial charge is 0.0766 e. The van der Waals surface area contributed by atoms with Crippen molar-refractivity contribution in [1.82, 2.24) is 15.1 Å². The number of hydrogen-bond acceptors (Lipinski definition) is 3. The van der Waals surface area contributed by atoms with E-state index in [1.54, 1.807) is 0 Å². The molecule has 3 rings (SSSR count). The molecule has 3 aromatic rings. The summed E-state index contributed by atoms with van der Waals surface area (Å²) in [7, 11) is 0. The lowest BCUT2D eigenvalue weighted by Crippen LogP contribution is -2.12. The molecule has 0 radical (unpaired) electrons. The van der Waals surface area contributed by atoms with Crippen LogP contribution in [0.25, 0.3) is 5.69 Å². The summed E-state index contributed by atoms with van der Waals surface area (Å²) in [5.74, 6) is 0. The number of nitrogens with zero attached hydrogens (tertiary/aromatic N) is 2. The molecule has 0 spiro atoms. The molecule has 21 heavy (non-hydrogen) atoms. The third-order valence-electron chi connectivity index (χ3n) is 3.49. The van der Waals surface area contributed by atoms with Gasteiger partial charge in [-0.15, -0.1) is 11.3 Å². The van der Waals surface area contributed by atoms with Crippen LogP contribution in [-0.4, -0.2) is 9.78 Å². The minimum atomic E-state index is 0.788. The van der Waals surface area contributed by atoms with Gasteiger partial charge in [-0.05, 0) is 43.7 Å². The number of aromatic nitrogens is 2. The Kier molecular flexibility index (Phi) is 4.18. The van der Waals surface area contributed by atoms with Crippen LogP contribution >= 0.6 is 11.3 Å². The molecule has 1 aromatic carbocycles. The summed E-state index contributed by atoms with van der Waals surface area (Å²) in [4.78, 5) is 2.78. The first-order valence-electron chi connectivity index (χ1n) is 7.09. The predicted molar refractivity (Wildman–Crippen MR) is 87.9 cm³/mol. The first kappa shape index (κ1) is 14.0. The maximum atomic E-state index is 4.59. The highest BCUT2D eigenvalue weighted by molar-refractivity contribution is 7.12. The minimum absolute atomic E-state index is 0.788. The van der Waals surface area contributed by atoms with Crippen molar-refractivity contribution < 1.29 is 0 Å². The molecule has 2 aromatic heterocycles. The number of rotatable bonds is 5. The second kappa shape index (κ2) is 6.24. The third kappa shape index (κ3) is 3.40. The number of para-hydroxylation sites is 1. The molecule has 0 amide bonds. The maximum absolute atomic E-state index is 4.59. The van der Waals surface area contributed by atoms with Crippen molar-refractivity contribution in [1.29, 1.82) is 0 Å². The predicted octanol–water partition coefficient (Wildman–Crippen LogP) is 3.84. The monoisotopic (exact) mass is 297 g/mol. The van der Waals surface area contributed by atoms with Crippen LogP contribution in [0, 0.1) is 13.8 Å². The zero-order chi connectivity index (χ0) is 14.7. The summed E-state index contributed by atoms with van der Waals surface area (Å²) in [6.45, 7) is 6.02. The highest BCUT2D eigenvalue weighted by Crippen LogP contribution is 2.20. The summed E-state index contributed by atoms with van der Waals surface area (Å²) >= 11 is 1.86. The maximum Gasteiger partial charge on any atom is 0.0766 e. The van der Waals surface area contributed by atoms with Crippen LogP contribution in [-0.2, 0) is 13.1 Å². The molecule has 0 atom stereocenters. The fourth-order valence-electron chi connectivity index (χ4n) is 2.23. The van der Waals surface area contributed by atoms with Gasteiger partial charge in [-0.2, -0.15) is 5.10 Å². The summed E-state index contributed by atoms with van der Waals surface area (Å²) < 4.78 is 1.91. The molecule has 2 heterocycles. The molecular weight excluding hydrogens is 278 g/mol. The van der Waals surface area contributed by atoms with Crippen LogP contribution in [0.1, 0.15) is 21.0 Å². The molecule has 0 bridgehead atoms. The summed E-state index contributed by atoms with van der Waals surface area (Å²) in [5, 5.41) is 8.05. The Bertz CT molecular complexity index is 693. The molecule has 3 nitrogen and oxygen atoms in total. The molecule has 0 aliphatic carbocycles. The van der Waals surface area contributed by atoms with Crippen LogP contribution in [0.5, 0.6) is 0 Å². The van der Waals surface area contributed by atoms with Gasteiger partial charge in [-0.3, -0.25) is 0 Å². The van der Waals surface area contributed by atoms with E-state index in [9.17, 15) is 0 Å². The zero-order valence-electron chi connectivity index (χ0n) is 12.3. The van der Waals surface area contributed by atoms with Crippen LogP contribution in [0.15, 0.2) is 48.7 Å². The lowest BCUT2D eigenvalue weighted by molar-refractivity contribution is 0.675. The molecule has 0 aliphatic rings. The van der Waals surface area contributed by atoms with Gasteiger partial charge < -0.3 is 5.32 Å². The number of hydrogen-bond donors (Lipinski definition) is 1. The second-order valence-corrected chi connectivity index (χ2v) is 6.48. The van der Waals surface area contributed by atoms with Gasteiger partial charge >= 0.3 is 0 Å². The Balaban J connectivity index is 1.58. The number of nitrogens with one attached hydrogen (secondary N) is 1. The van der Waals surface area contributed by atoms with Crippen molar-refractivity contribution in [3.8, 4) is 5.69 Å². The number of benzene rings is 1. The first-order valence-corrected chi connectivity index (χ1v) is 7.90. The third-order valence-corrected chi connectivity index (χ3v) is 4.64. The molecule has 1 N–H and O–H groups in total. The molecule has 0 fully saturated rings. The summed E-state index contributed by atoms with van der Waals surface area (Å²) in [6.07, 6.45) is 2.01. The molecule has 4 heteroatoms. The highest BCUT2D eigenvalue weighted by Gasteiger charge is 2.03. The Hall–Kier alpha value is -1.91. The van der Waals surface area contributed by atoms with Gasteiger partial charge in [0.1, 0.15) is 0 Å². The Morgan fingerprint density at radius 3 is 2.62 bits per heavy atom. The van der Waals surface area contributed by atoms with E-state index in [4.69, 9.17) is 0 Å². The van der Waals surface area contributed by atoms with Crippen molar-refractivity contribution in [2.75, 3.05) is 0 Å². The Labute approximate surface area is 129 Å². The van der Waals surface area contributed by atoms with Gasteiger partial charge in [-0.1, -0.05) is 18.2 Å². The van der Waals surface area contributed by atoms with Crippen molar-refractivity contribution >= 4 is 11.3 Å². The average molecular weight is 297 g/mol. The quantitative estimate of drug-likeness (QED) is 0.775. The normalized spacial score (nSPS) is 11.0. The number of thiophene rings is 1. The van der Waals surface area contributed by atoms with E-state index in [0.717, 1.165) is 24.5 Å². The molecule has 108 valence electrons. The van der Waals surface area contributed by atoms with Crippen molar-refractivity contribution in [3.63, 3.8) is 0 Å². The van der Waals surface area contributed by atoms with Gasteiger partial charge in [0.25, 0.3) is 0 Å². The van der Waals surface area contributed by atoms with Gasteiger partial charge in [0, 0.05) is 29.0 Å². The Morgan fingerprint density at radius 2 is 1.90 bits per heavy atom. The van der Waals surface area contributed by atoms with Crippen LogP contribution < -0.4 is 5.32 Å². The zero-order valence-corrected chi connectivity index (χ0v) is 13.2. The van der Waals surface area contributed by atoms with Crippen LogP contribution in [0.4, 0.5) is 0 Å². The molecular formula is C17H19N3S. The lowest BCUT2D eigenvalue weighted by Gasteiger charge is -2.01. The number of aryl methyl sites for hydroxylation is 2. The van der Waals surface area contributed by atoms with Crippen molar-refractivity contribution in [3.05, 3.63) is 69.7 Å². The highest BCUT2D eigenvalue weighted by atomic mass is 32.1. The topological polar surface area (TPSA) is 29.9 Å². The largest absolute Gasteiger partial charge is 0.306 e. The molecule has 0 saturated heterocycles. The van der Waals surface area contributed by atoms with E-state index >= 15 is 0 Å². The van der Waals surface area contributed by atoms with E-state index in [1.807, 2.05) is 40.4 Å². The van der Waals surface area contributed by atoms with Gasteiger partial charge in [0.15, 0.2) is 0 Å². The van der Waals surface area contributed by atoms with Gasteiger partial charge in [-0.25, -0.2) is 4.68 Å². The van der Waals surface area contributed by atoms with E-state index in [2.05, 4.69) is 48.5 Å². The minimum Gasteiger partial charge on any atom is -0.306 e. The summed E-state index contributed by atoms with van der Waals surface area (Å²) in [6, 6.07) is 14.5. The Morgan fingerprint density at radius 1 is 1.10 bits per heavy atom. The fraction of sp³-hybridized carbons (Fsp3) is 0.235.